The number of hydrogen-bond acceptors (Lipinski definition) is 0. The van der Waals surface area contributed by atoms with Gasteiger partial charge in [0.2, 0.25) is 0 Å². The summed E-state index contributed by atoms with van der Waals surface area (Å²) < 4.78 is 0.106. The van der Waals surface area contributed by atoms with Crippen LogP contribution in [0.25, 0.3) is 0 Å². The molecule has 0 aromatic carbocycles. The SMILES string of the molecule is CC#C[C@@]1(Br)[C@H](C)C1(C)C. The molecule has 0 N–H and O–H groups in total. The van der Waals surface area contributed by atoms with Crippen LogP contribution in [0.2, 0.25) is 0 Å². The largest absolute Gasteiger partial charge is 0.105 e. The fraction of sp³-hybridized carbons (Fsp3) is 0.778. The fourth-order valence-corrected chi connectivity index (χ4v) is 2.41. The Hall–Kier alpha value is 0.0400. The summed E-state index contributed by atoms with van der Waals surface area (Å²) in [5, 5.41) is 0. The van der Waals surface area contributed by atoms with Gasteiger partial charge < -0.3 is 0 Å². The number of halogens is 1. The Morgan fingerprint density at radius 1 is 1.40 bits per heavy atom. The molecule has 1 fully saturated rings. The molecule has 10 heavy (non-hydrogen) atoms. The Labute approximate surface area is 71.5 Å². The Morgan fingerprint density at radius 3 is 1.90 bits per heavy atom. The van der Waals surface area contributed by atoms with Gasteiger partial charge in [-0.2, -0.15) is 0 Å². The van der Waals surface area contributed by atoms with Gasteiger partial charge in [0.05, 0.1) is 4.32 Å². The van der Waals surface area contributed by atoms with Crippen LogP contribution < -0.4 is 0 Å². The normalized spacial score (nSPS) is 41.9. The molecule has 1 heteroatoms. The van der Waals surface area contributed by atoms with Crippen molar-refractivity contribution in [2.24, 2.45) is 11.3 Å². The molecule has 0 nitrogen and oxygen atoms in total. The lowest BCUT2D eigenvalue weighted by Gasteiger charge is -2.02. The third-order valence-corrected chi connectivity index (χ3v) is 4.75. The summed E-state index contributed by atoms with van der Waals surface area (Å²) in [6.07, 6.45) is 0. The number of hydrogen-bond donors (Lipinski definition) is 0. The maximum absolute atomic E-state index is 3.66. The number of alkyl halides is 1. The molecular weight excluding hydrogens is 188 g/mol. The van der Waals surface area contributed by atoms with Crippen LogP contribution in [0, 0.1) is 23.2 Å². The third-order valence-electron chi connectivity index (χ3n) is 2.84. The van der Waals surface area contributed by atoms with Gasteiger partial charge in [0.1, 0.15) is 0 Å². The van der Waals surface area contributed by atoms with Gasteiger partial charge in [0.25, 0.3) is 0 Å². The summed E-state index contributed by atoms with van der Waals surface area (Å²) in [7, 11) is 0. The van der Waals surface area contributed by atoms with E-state index in [1.807, 2.05) is 6.92 Å². The summed E-state index contributed by atoms with van der Waals surface area (Å²) in [5.74, 6) is 6.84. The lowest BCUT2D eigenvalue weighted by atomic mass is 10.1. The van der Waals surface area contributed by atoms with Crippen molar-refractivity contribution < 1.29 is 0 Å². The van der Waals surface area contributed by atoms with Crippen LogP contribution in [-0.2, 0) is 0 Å². The minimum absolute atomic E-state index is 0.106. The van der Waals surface area contributed by atoms with Gasteiger partial charge in [-0.1, -0.05) is 42.6 Å². The van der Waals surface area contributed by atoms with E-state index in [9.17, 15) is 0 Å². The predicted octanol–water partition coefficient (Wildman–Crippen LogP) is 2.82. The van der Waals surface area contributed by atoms with Crippen LogP contribution in [-0.4, -0.2) is 4.32 Å². The van der Waals surface area contributed by atoms with E-state index in [1.165, 1.54) is 0 Å². The first kappa shape index (κ1) is 8.14. The van der Waals surface area contributed by atoms with E-state index in [4.69, 9.17) is 0 Å². The van der Waals surface area contributed by atoms with Crippen molar-refractivity contribution in [3.05, 3.63) is 0 Å². The monoisotopic (exact) mass is 200 g/mol. The highest BCUT2D eigenvalue weighted by Crippen LogP contribution is 2.66. The van der Waals surface area contributed by atoms with E-state index in [2.05, 4.69) is 48.5 Å². The highest BCUT2D eigenvalue weighted by molar-refractivity contribution is 9.10. The lowest BCUT2D eigenvalue weighted by Crippen LogP contribution is -2.02. The summed E-state index contributed by atoms with van der Waals surface area (Å²) >= 11 is 3.66. The second kappa shape index (κ2) is 2.01. The first-order valence-corrected chi connectivity index (χ1v) is 4.39. The average molecular weight is 201 g/mol. The zero-order valence-corrected chi connectivity index (χ0v) is 8.54. The fourth-order valence-electron chi connectivity index (χ4n) is 1.41. The second-order valence-corrected chi connectivity index (χ2v) is 4.78. The number of rotatable bonds is 0. The molecule has 0 saturated heterocycles. The van der Waals surface area contributed by atoms with Crippen molar-refractivity contribution in [3.63, 3.8) is 0 Å². The minimum atomic E-state index is 0.106. The van der Waals surface area contributed by atoms with Crippen molar-refractivity contribution in [1.82, 2.24) is 0 Å². The van der Waals surface area contributed by atoms with Crippen molar-refractivity contribution in [2.45, 2.75) is 32.0 Å². The van der Waals surface area contributed by atoms with E-state index >= 15 is 0 Å². The van der Waals surface area contributed by atoms with Crippen molar-refractivity contribution >= 4 is 15.9 Å². The van der Waals surface area contributed by atoms with Crippen molar-refractivity contribution in [3.8, 4) is 11.8 Å². The van der Waals surface area contributed by atoms with Gasteiger partial charge in [-0.05, 0) is 18.3 Å². The summed E-state index contributed by atoms with van der Waals surface area (Å²) in [4.78, 5) is 0. The van der Waals surface area contributed by atoms with E-state index in [1.54, 1.807) is 0 Å². The highest BCUT2D eigenvalue weighted by Gasteiger charge is 2.66. The molecule has 1 saturated carbocycles. The zero-order chi connectivity index (χ0) is 7.99. The van der Waals surface area contributed by atoms with Crippen molar-refractivity contribution in [2.75, 3.05) is 0 Å². The van der Waals surface area contributed by atoms with Gasteiger partial charge in [0, 0.05) is 0 Å². The minimum Gasteiger partial charge on any atom is -0.105 e. The summed E-state index contributed by atoms with van der Waals surface area (Å²) in [6, 6.07) is 0. The molecule has 0 unspecified atom stereocenters. The standard InChI is InChI=1S/C9H13Br/c1-5-6-9(10)7(2)8(9,3)4/h7H,1-4H3/t7-,9-/m1/s1. The molecule has 0 aromatic rings. The van der Waals surface area contributed by atoms with Crippen molar-refractivity contribution in [1.29, 1.82) is 0 Å². The van der Waals surface area contributed by atoms with Crippen LogP contribution in [0.3, 0.4) is 0 Å². The van der Waals surface area contributed by atoms with Gasteiger partial charge in [-0.25, -0.2) is 0 Å². The van der Waals surface area contributed by atoms with E-state index in [0.29, 0.717) is 11.3 Å². The molecule has 0 spiro atoms. The van der Waals surface area contributed by atoms with Gasteiger partial charge >= 0.3 is 0 Å². The molecule has 2 atom stereocenters. The molecule has 1 aliphatic carbocycles. The first-order chi connectivity index (χ1) is 4.47. The summed E-state index contributed by atoms with van der Waals surface area (Å²) in [6.45, 7) is 8.62. The van der Waals surface area contributed by atoms with Crippen LogP contribution in [0.1, 0.15) is 27.7 Å². The Balaban J connectivity index is 2.84. The molecule has 56 valence electrons. The second-order valence-electron chi connectivity index (χ2n) is 3.53. The maximum Gasteiger partial charge on any atom is 0.0947 e. The van der Waals surface area contributed by atoms with Crippen LogP contribution in [0.5, 0.6) is 0 Å². The average Bonchev–Trinajstić information content (AvgIpc) is 2.17. The molecule has 0 bridgehead atoms. The van der Waals surface area contributed by atoms with Gasteiger partial charge in [-0.3, -0.25) is 0 Å². The summed E-state index contributed by atoms with van der Waals surface area (Å²) in [5.41, 5.74) is 0.357. The topological polar surface area (TPSA) is 0 Å². The highest BCUT2D eigenvalue weighted by atomic mass is 79.9. The van der Waals surface area contributed by atoms with Gasteiger partial charge in [-0.15, -0.1) is 5.92 Å². The van der Waals surface area contributed by atoms with E-state index in [0.717, 1.165) is 0 Å². The quantitative estimate of drug-likeness (QED) is 0.417. The first-order valence-electron chi connectivity index (χ1n) is 3.59. The molecule has 1 rings (SSSR count). The Bertz CT molecular complexity index is 207. The smallest absolute Gasteiger partial charge is 0.0947 e. The van der Waals surface area contributed by atoms with E-state index < -0.39 is 0 Å². The third kappa shape index (κ3) is 0.751. The van der Waals surface area contributed by atoms with Gasteiger partial charge in [0.15, 0.2) is 0 Å². The molecule has 0 aliphatic heterocycles. The van der Waals surface area contributed by atoms with E-state index in [-0.39, 0.29) is 4.32 Å². The molecule has 0 amide bonds. The lowest BCUT2D eigenvalue weighted by molar-refractivity contribution is 0.580. The molecule has 0 radical (unpaired) electrons. The van der Waals surface area contributed by atoms with Crippen LogP contribution in [0.15, 0.2) is 0 Å². The van der Waals surface area contributed by atoms with Crippen LogP contribution in [0.4, 0.5) is 0 Å². The van der Waals surface area contributed by atoms with Crippen LogP contribution >= 0.6 is 15.9 Å². The molecular formula is C9H13Br. The molecule has 0 aromatic heterocycles. The Kier molecular flexibility index (Phi) is 1.64. The molecule has 1 aliphatic rings. The Morgan fingerprint density at radius 2 is 1.80 bits per heavy atom. The zero-order valence-electron chi connectivity index (χ0n) is 6.96. The predicted molar refractivity (Wildman–Crippen MR) is 48.1 cm³/mol. The maximum atomic E-state index is 3.66. The molecule has 0 heterocycles.